The third kappa shape index (κ3) is 4.79. The van der Waals surface area contributed by atoms with Crippen LogP contribution in [-0.2, 0) is 11.2 Å². The smallest absolute Gasteiger partial charge is 0.222 e. The summed E-state index contributed by atoms with van der Waals surface area (Å²) in [7, 11) is 0. The molecule has 1 amide bonds. The van der Waals surface area contributed by atoms with Gasteiger partial charge >= 0.3 is 0 Å². The Morgan fingerprint density at radius 3 is 2.74 bits per heavy atom. The molecule has 1 fully saturated rings. The molecule has 19 heavy (non-hydrogen) atoms. The largest absolute Gasteiger partial charge is 0.389 e. The molecule has 0 saturated heterocycles. The van der Waals surface area contributed by atoms with Crippen LogP contribution in [0.1, 0.15) is 43.4 Å². The summed E-state index contributed by atoms with van der Waals surface area (Å²) in [6, 6.07) is 3.85. The normalized spacial score (nSPS) is 18.2. The van der Waals surface area contributed by atoms with Crippen LogP contribution in [0.2, 0.25) is 4.34 Å². The Labute approximate surface area is 123 Å². The van der Waals surface area contributed by atoms with Gasteiger partial charge in [-0.05, 0) is 31.4 Å². The Morgan fingerprint density at radius 2 is 2.11 bits per heavy atom. The van der Waals surface area contributed by atoms with Crippen LogP contribution in [0.4, 0.5) is 0 Å². The fourth-order valence-corrected chi connectivity index (χ4v) is 3.65. The standard InChI is InChI=1S/C14H20ClNO2S/c15-12-5-4-11(19-12)6-9-16-13(17)10-14(18)7-2-1-3-8-14/h4-5,18H,1-3,6-10H2,(H,16,17). The van der Waals surface area contributed by atoms with Crippen LogP contribution < -0.4 is 5.32 Å². The van der Waals surface area contributed by atoms with Gasteiger partial charge in [-0.25, -0.2) is 0 Å². The van der Waals surface area contributed by atoms with Crippen LogP contribution in [-0.4, -0.2) is 23.2 Å². The van der Waals surface area contributed by atoms with Crippen molar-refractivity contribution in [2.24, 2.45) is 0 Å². The average molecular weight is 302 g/mol. The highest BCUT2D eigenvalue weighted by molar-refractivity contribution is 7.16. The van der Waals surface area contributed by atoms with E-state index in [1.54, 1.807) is 0 Å². The van der Waals surface area contributed by atoms with Crippen molar-refractivity contribution < 1.29 is 9.90 Å². The summed E-state index contributed by atoms with van der Waals surface area (Å²) in [5.41, 5.74) is -0.769. The summed E-state index contributed by atoms with van der Waals surface area (Å²) >= 11 is 7.39. The monoisotopic (exact) mass is 301 g/mol. The second-order valence-electron chi connectivity index (χ2n) is 5.27. The minimum Gasteiger partial charge on any atom is -0.389 e. The zero-order valence-corrected chi connectivity index (χ0v) is 12.5. The quantitative estimate of drug-likeness (QED) is 0.878. The molecular formula is C14H20ClNO2S. The number of rotatable bonds is 5. The molecule has 0 atom stereocenters. The van der Waals surface area contributed by atoms with Crippen LogP contribution in [0.15, 0.2) is 12.1 Å². The van der Waals surface area contributed by atoms with E-state index >= 15 is 0 Å². The Balaban J connectivity index is 1.69. The van der Waals surface area contributed by atoms with Crippen molar-refractivity contribution in [1.82, 2.24) is 5.32 Å². The van der Waals surface area contributed by atoms with Crippen molar-refractivity contribution in [2.45, 2.75) is 50.5 Å². The molecule has 106 valence electrons. The molecule has 1 heterocycles. The highest BCUT2D eigenvalue weighted by Crippen LogP contribution is 2.30. The fraction of sp³-hybridized carbons (Fsp3) is 0.643. The predicted octanol–water partition coefficient (Wildman–Crippen LogP) is 3.15. The Kier molecular flexibility index (Phi) is 5.25. The molecule has 0 unspecified atom stereocenters. The molecule has 3 nitrogen and oxygen atoms in total. The topological polar surface area (TPSA) is 49.3 Å². The van der Waals surface area contributed by atoms with Gasteiger partial charge < -0.3 is 10.4 Å². The lowest BCUT2D eigenvalue weighted by molar-refractivity contribution is -0.127. The van der Waals surface area contributed by atoms with E-state index in [1.165, 1.54) is 22.6 Å². The van der Waals surface area contributed by atoms with Crippen molar-refractivity contribution in [3.63, 3.8) is 0 Å². The van der Waals surface area contributed by atoms with Crippen molar-refractivity contribution in [2.75, 3.05) is 6.54 Å². The third-order valence-electron chi connectivity index (χ3n) is 3.60. The van der Waals surface area contributed by atoms with Crippen molar-refractivity contribution in [1.29, 1.82) is 0 Å². The zero-order chi connectivity index (χ0) is 13.7. The Hall–Kier alpha value is -0.580. The molecule has 0 spiro atoms. The highest BCUT2D eigenvalue weighted by Gasteiger charge is 2.31. The van der Waals surface area contributed by atoms with E-state index < -0.39 is 5.60 Å². The van der Waals surface area contributed by atoms with Crippen LogP contribution in [0.5, 0.6) is 0 Å². The van der Waals surface area contributed by atoms with E-state index in [0.717, 1.165) is 36.4 Å². The Morgan fingerprint density at radius 1 is 1.37 bits per heavy atom. The molecule has 2 rings (SSSR count). The number of amides is 1. The highest BCUT2D eigenvalue weighted by atomic mass is 35.5. The first-order chi connectivity index (χ1) is 9.07. The van der Waals surface area contributed by atoms with Gasteiger partial charge in [-0.1, -0.05) is 30.9 Å². The van der Waals surface area contributed by atoms with Gasteiger partial charge in [0, 0.05) is 11.4 Å². The lowest BCUT2D eigenvalue weighted by atomic mass is 9.82. The van der Waals surface area contributed by atoms with Gasteiger partial charge in [0.15, 0.2) is 0 Å². The molecule has 1 aliphatic rings. The lowest BCUT2D eigenvalue weighted by Crippen LogP contribution is -2.38. The second kappa shape index (κ2) is 6.73. The molecule has 1 aromatic rings. The summed E-state index contributed by atoms with van der Waals surface area (Å²) in [6.07, 6.45) is 5.75. The van der Waals surface area contributed by atoms with E-state index in [1.807, 2.05) is 12.1 Å². The third-order valence-corrected chi connectivity index (χ3v) is 4.89. The fourth-order valence-electron chi connectivity index (χ4n) is 2.56. The van der Waals surface area contributed by atoms with Gasteiger partial charge in [0.25, 0.3) is 0 Å². The number of carbonyl (C=O) groups is 1. The van der Waals surface area contributed by atoms with Gasteiger partial charge in [-0.3, -0.25) is 4.79 Å². The van der Waals surface area contributed by atoms with Crippen LogP contribution in [0.25, 0.3) is 0 Å². The molecule has 5 heteroatoms. The summed E-state index contributed by atoms with van der Waals surface area (Å²) in [6.45, 7) is 0.603. The maximum atomic E-state index is 11.8. The number of hydrogen-bond acceptors (Lipinski definition) is 3. The van der Waals surface area contributed by atoms with Crippen LogP contribution in [0.3, 0.4) is 0 Å². The van der Waals surface area contributed by atoms with Gasteiger partial charge in [0.1, 0.15) is 0 Å². The molecule has 1 aliphatic carbocycles. The first kappa shape index (κ1) is 14.8. The summed E-state index contributed by atoms with van der Waals surface area (Å²) in [5, 5.41) is 13.2. The first-order valence-corrected chi connectivity index (χ1v) is 8.00. The Bertz CT molecular complexity index is 427. The van der Waals surface area contributed by atoms with E-state index in [2.05, 4.69) is 5.32 Å². The minimum atomic E-state index is -0.769. The summed E-state index contributed by atoms with van der Waals surface area (Å²) in [5.74, 6) is -0.0490. The van der Waals surface area contributed by atoms with Crippen molar-refractivity contribution in [3.8, 4) is 0 Å². The second-order valence-corrected chi connectivity index (χ2v) is 7.07. The molecule has 0 aliphatic heterocycles. The lowest BCUT2D eigenvalue weighted by Gasteiger charge is -2.31. The van der Waals surface area contributed by atoms with Gasteiger partial charge in [0.05, 0.1) is 16.4 Å². The summed E-state index contributed by atoms with van der Waals surface area (Å²) in [4.78, 5) is 13.0. The number of nitrogens with one attached hydrogen (secondary N) is 1. The molecular weight excluding hydrogens is 282 g/mol. The molecule has 1 saturated carbocycles. The van der Waals surface area contributed by atoms with E-state index in [4.69, 9.17) is 11.6 Å². The van der Waals surface area contributed by atoms with E-state index in [0.29, 0.717) is 6.54 Å². The molecule has 0 radical (unpaired) electrons. The predicted molar refractivity (Wildman–Crippen MR) is 78.7 cm³/mol. The van der Waals surface area contributed by atoms with E-state index in [9.17, 15) is 9.90 Å². The average Bonchev–Trinajstić information content (AvgIpc) is 2.75. The zero-order valence-electron chi connectivity index (χ0n) is 11.0. The van der Waals surface area contributed by atoms with Crippen LogP contribution >= 0.6 is 22.9 Å². The molecule has 2 N–H and O–H groups in total. The number of carbonyl (C=O) groups excluding carboxylic acids is 1. The SMILES string of the molecule is O=C(CC1(O)CCCCC1)NCCc1ccc(Cl)s1. The number of hydrogen-bond donors (Lipinski definition) is 2. The minimum absolute atomic E-state index is 0.0490. The number of aliphatic hydroxyl groups is 1. The van der Waals surface area contributed by atoms with Crippen molar-refractivity contribution in [3.05, 3.63) is 21.3 Å². The van der Waals surface area contributed by atoms with Gasteiger partial charge in [-0.2, -0.15) is 0 Å². The van der Waals surface area contributed by atoms with E-state index in [-0.39, 0.29) is 12.3 Å². The maximum absolute atomic E-state index is 11.8. The molecule has 0 bridgehead atoms. The number of thiophene rings is 1. The van der Waals surface area contributed by atoms with Gasteiger partial charge in [-0.15, -0.1) is 11.3 Å². The van der Waals surface area contributed by atoms with Crippen molar-refractivity contribution >= 4 is 28.8 Å². The van der Waals surface area contributed by atoms with Gasteiger partial charge in [0.2, 0.25) is 5.91 Å². The summed E-state index contributed by atoms with van der Waals surface area (Å²) < 4.78 is 0.776. The number of halogens is 1. The molecule has 1 aromatic heterocycles. The maximum Gasteiger partial charge on any atom is 0.222 e. The van der Waals surface area contributed by atoms with Crippen LogP contribution in [0, 0.1) is 0 Å². The molecule has 0 aromatic carbocycles. The first-order valence-electron chi connectivity index (χ1n) is 6.81.